The van der Waals surface area contributed by atoms with Crippen molar-refractivity contribution in [2.75, 3.05) is 7.05 Å². The largest absolute Gasteiger partial charge is 0.327 e. The topological polar surface area (TPSA) is 41.1 Å². The van der Waals surface area contributed by atoms with Crippen molar-refractivity contribution in [1.29, 1.82) is 0 Å². The van der Waals surface area contributed by atoms with Gasteiger partial charge in [0, 0.05) is 7.05 Å². The summed E-state index contributed by atoms with van der Waals surface area (Å²) in [4.78, 5) is 9.64. The van der Waals surface area contributed by atoms with Crippen molar-refractivity contribution in [3.8, 4) is 0 Å². The summed E-state index contributed by atoms with van der Waals surface area (Å²) in [5, 5.41) is -0.600. The Hall–Kier alpha value is -0.280. The van der Waals surface area contributed by atoms with Gasteiger partial charge in [-0.25, -0.2) is 5.43 Å². The maximum atomic E-state index is 9.64. The first-order valence-electron chi connectivity index (χ1n) is 1.39. The van der Waals surface area contributed by atoms with Gasteiger partial charge in [-0.1, -0.05) is 0 Å². The van der Waals surface area contributed by atoms with Crippen LogP contribution in [0.4, 0.5) is 4.79 Å². The minimum atomic E-state index is -0.600. The minimum Gasteiger partial charge on any atom is -0.278 e. The van der Waals surface area contributed by atoms with Gasteiger partial charge in [-0.15, -0.1) is 0 Å². The number of hydrazine groups is 1. The Bertz CT molecular complexity index is 55.5. The SMILES string of the molecule is CNNC(=O)Cl. The van der Waals surface area contributed by atoms with Crippen molar-refractivity contribution in [1.82, 2.24) is 10.9 Å². The molecule has 6 heavy (non-hydrogen) atoms. The molecule has 0 fully saturated rings. The molecule has 2 N–H and O–H groups in total. The van der Waals surface area contributed by atoms with E-state index in [0.29, 0.717) is 0 Å². The smallest absolute Gasteiger partial charge is 0.278 e. The average molecular weight is 109 g/mol. The van der Waals surface area contributed by atoms with Crippen LogP contribution in [-0.2, 0) is 0 Å². The summed E-state index contributed by atoms with van der Waals surface area (Å²) in [5.41, 5.74) is 4.42. The molecule has 0 rings (SSSR count). The molecule has 36 valence electrons. The Labute approximate surface area is 40.6 Å². The second-order valence-corrected chi connectivity index (χ2v) is 0.992. The van der Waals surface area contributed by atoms with Crippen molar-refractivity contribution in [2.24, 2.45) is 0 Å². The summed E-state index contributed by atoms with van der Waals surface area (Å²) < 4.78 is 0. The highest BCUT2D eigenvalue weighted by Crippen LogP contribution is 1.69. The number of amides is 1. The molecule has 0 aliphatic rings. The number of carbonyl (C=O) groups excluding carboxylic acids is 1. The molecule has 0 aliphatic carbocycles. The van der Waals surface area contributed by atoms with Gasteiger partial charge < -0.3 is 0 Å². The molecule has 0 bridgehead atoms. The van der Waals surface area contributed by atoms with Crippen LogP contribution in [0, 0.1) is 0 Å². The van der Waals surface area contributed by atoms with Gasteiger partial charge in [0.15, 0.2) is 0 Å². The third-order valence-electron chi connectivity index (χ3n) is 0.223. The Morgan fingerprint density at radius 3 is 2.33 bits per heavy atom. The van der Waals surface area contributed by atoms with E-state index in [4.69, 9.17) is 11.6 Å². The molecule has 0 atom stereocenters. The van der Waals surface area contributed by atoms with E-state index >= 15 is 0 Å². The molecule has 0 aromatic carbocycles. The second kappa shape index (κ2) is 2.93. The van der Waals surface area contributed by atoms with E-state index in [1.54, 1.807) is 7.05 Å². The molecule has 0 heterocycles. The van der Waals surface area contributed by atoms with Crippen LogP contribution in [0.1, 0.15) is 0 Å². The van der Waals surface area contributed by atoms with Crippen LogP contribution in [0.3, 0.4) is 0 Å². The zero-order chi connectivity index (χ0) is 4.99. The Kier molecular flexibility index (Phi) is 2.80. The maximum Gasteiger partial charge on any atom is 0.327 e. The number of nitrogens with one attached hydrogen (secondary N) is 2. The van der Waals surface area contributed by atoms with Gasteiger partial charge in [-0.2, -0.15) is 0 Å². The first kappa shape index (κ1) is 5.72. The van der Waals surface area contributed by atoms with Crippen LogP contribution < -0.4 is 10.9 Å². The van der Waals surface area contributed by atoms with Crippen molar-refractivity contribution in [2.45, 2.75) is 0 Å². The highest BCUT2D eigenvalue weighted by atomic mass is 35.5. The van der Waals surface area contributed by atoms with E-state index < -0.39 is 5.37 Å². The third-order valence-corrected chi connectivity index (χ3v) is 0.318. The van der Waals surface area contributed by atoms with E-state index in [0.717, 1.165) is 0 Å². The van der Waals surface area contributed by atoms with Gasteiger partial charge in [-0.05, 0) is 11.6 Å². The molecule has 3 nitrogen and oxygen atoms in total. The Morgan fingerprint density at radius 1 is 1.83 bits per heavy atom. The van der Waals surface area contributed by atoms with Gasteiger partial charge in [-0.3, -0.25) is 10.2 Å². The van der Waals surface area contributed by atoms with Crippen LogP contribution in [-0.4, -0.2) is 12.4 Å². The molecule has 0 aromatic heterocycles. The molecule has 0 radical (unpaired) electrons. The zero-order valence-electron chi connectivity index (χ0n) is 3.29. The predicted octanol–water partition coefficient (Wildman–Crippen LogP) is 0.0692. The average Bonchev–Trinajstić information content (AvgIpc) is 1.35. The van der Waals surface area contributed by atoms with E-state index in [9.17, 15) is 4.79 Å². The highest BCUT2D eigenvalue weighted by molar-refractivity contribution is 6.62. The van der Waals surface area contributed by atoms with Gasteiger partial charge in [0.05, 0.1) is 0 Å². The molecular formula is C2H5ClN2O. The lowest BCUT2D eigenvalue weighted by Gasteiger charge is -1.89. The fourth-order valence-corrected chi connectivity index (χ4v) is 0.193. The molecule has 0 saturated heterocycles. The van der Waals surface area contributed by atoms with Gasteiger partial charge in [0.1, 0.15) is 0 Å². The predicted molar refractivity (Wildman–Crippen MR) is 23.4 cm³/mol. The molecule has 0 aromatic rings. The summed E-state index contributed by atoms with van der Waals surface area (Å²) in [5.74, 6) is 0. The summed E-state index contributed by atoms with van der Waals surface area (Å²) >= 11 is 4.77. The van der Waals surface area contributed by atoms with E-state index in [1.807, 2.05) is 0 Å². The van der Waals surface area contributed by atoms with Crippen LogP contribution in [0.5, 0.6) is 0 Å². The van der Waals surface area contributed by atoms with Crippen molar-refractivity contribution in [3.63, 3.8) is 0 Å². The van der Waals surface area contributed by atoms with Crippen LogP contribution in [0.15, 0.2) is 0 Å². The summed E-state index contributed by atoms with van der Waals surface area (Å²) in [7, 11) is 1.56. The third kappa shape index (κ3) is 3.72. The first-order valence-corrected chi connectivity index (χ1v) is 1.77. The normalized spacial score (nSPS) is 7.67. The van der Waals surface area contributed by atoms with Gasteiger partial charge >= 0.3 is 5.37 Å². The fraction of sp³-hybridized carbons (Fsp3) is 0.500. The number of halogens is 1. The Balaban J connectivity index is 2.83. The first-order chi connectivity index (χ1) is 2.77. The summed E-state index contributed by atoms with van der Waals surface area (Å²) in [6.07, 6.45) is 0. The van der Waals surface area contributed by atoms with Crippen molar-refractivity contribution < 1.29 is 4.79 Å². The highest BCUT2D eigenvalue weighted by Gasteiger charge is 1.82. The molecule has 1 amide bonds. The standard InChI is InChI=1S/C2H5ClN2O/c1-4-5-2(3)6/h4H,1H3,(H,5,6). The van der Waals surface area contributed by atoms with E-state index in [1.165, 1.54) is 0 Å². The second-order valence-electron chi connectivity index (χ2n) is 0.649. The molecular weight excluding hydrogens is 103 g/mol. The lowest BCUT2D eigenvalue weighted by Crippen LogP contribution is -2.29. The summed E-state index contributed by atoms with van der Waals surface area (Å²) in [6, 6.07) is 0. The Morgan fingerprint density at radius 2 is 2.33 bits per heavy atom. The number of hydrogen-bond donors (Lipinski definition) is 2. The van der Waals surface area contributed by atoms with E-state index in [-0.39, 0.29) is 0 Å². The monoisotopic (exact) mass is 108 g/mol. The molecule has 4 heteroatoms. The fourth-order valence-electron chi connectivity index (χ4n) is 0.0983. The summed E-state index contributed by atoms with van der Waals surface area (Å²) in [6.45, 7) is 0. The minimum absolute atomic E-state index is 0.600. The van der Waals surface area contributed by atoms with Gasteiger partial charge in [0.2, 0.25) is 0 Å². The quantitative estimate of drug-likeness (QED) is 0.284. The van der Waals surface area contributed by atoms with Crippen LogP contribution in [0.25, 0.3) is 0 Å². The van der Waals surface area contributed by atoms with Crippen LogP contribution >= 0.6 is 11.6 Å². The number of carbonyl (C=O) groups is 1. The molecule has 0 unspecified atom stereocenters. The zero-order valence-corrected chi connectivity index (χ0v) is 4.04. The number of rotatable bonds is 1. The lowest BCUT2D eigenvalue weighted by molar-refractivity contribution is 0.257. The maximum absolute atomic E-state index is 9.64. The number of hydrogen-bond acceptors (Lipinski definition) is 2. The van der Waals surface area contributed by atoms with Crippen LogP contribution in [0.2, 0.25) is 0 Å². The molecule has 0 saturated carbocycles. The van der Waals surface area contributed by atoms with E-state index in [2.05, 4.69) is 10.9 Å². The van der Waals surface area contributed by atoms with Crippen molar-refractivity contribution in [3.05, 3.63) is 0 Å². The molecule has 0 aliphatic heterocycles. The lowest BCUT2D eigenvalue weighted by atomic mass is 11.3. The molecule has 0 spiro atoms. The van der Waals surface area contributed by atoms with Gasteiger partial charge in [0.25, 0.3) is 0 Å². The van der Waals surface area contributed by atoms with Crippen molar-refractivity contribution >= 4 is 17.0 Å².